The molecule has 4 aromatic rings. The van der Waals surface area contributed by atoms with Crippen molar-refractivity contribution >= 4 is 87.3 Å². The third-order valence-electron chi connectivity index (χ3n) is 5.76. The zero-order valence-corrected chi connectivity index (χ0v) is 24.9. The largest absolute Gasteiger partial charge is 0.495 e. The number of para-hydroxylation sites is 2. The third-order valence-corrected chi connectivity index (χ3v) is 8.81. The molecular weight excluding hydrogens is 630 g/mol. The number of hydrogen-bond acceptors (Lipinski definition) is 5. The van der Waals surface area contributed by atoms with Crippen LogP contribution in [0.15, 0.2) is 83.8 Å². The second-order valence-corrected chi connectivity index (χ2v) is 11.1. The maximum Gasteiger partial charge on any atom is 0.338 e. The maximum absolute atomic E-state index is 13.5. The second kappa shape index (κ2) is 13.5. The zero-order valence-electron chi connectivity index (χ0n) is 21.1. The van der Waals surface area contributed by atoms with Gasteiger partial charge in [-0.15, -0.1) is 11.8 Å². The Kier molecular flexibility index (Phi) is 10.1. The Hall–Kier alpha value is -3.40. The van der Waals surface area contributed by atoms with Gasteiger partial charge in [-0.1, -0.05) is 94.9 Å². The van der Waals surface area contributed by atoms with Gasteiger partial charge in [-0.05, 0) is 35.9 Å². The number of nitrogens with one attached hydrogen (secondary N) is 2. The van der Waals surface area contributed by atoms with E-state index in [1.54, 1.807) is 48.5 Å². The lowest BCUT2D eigenvalue weighted by Gasteiger charge is -2.19. The first kappa shape index (κ1) is 30.6. The SMILES string of the molecule is COc1ccccc1NC(=O)C(Sc1cccc(NC(=O)c2c(Cl)c(Cl)c(Cl)c(Cl)c2C(=O)O)c1)c1ccccc1. The number of anilines is 2. The average Bonchev–Trinajstić information content (AvgIpc) is 2.97. The molecule has 0 aliphatic rings. The molecule has 0 aliphatic carbocycles. The van der Waals surface area contributed by atoms with Crippen molar-refractivity contribution in [3.05, 3.63) is 116 Å². The maximum atomic E-state index is 13.5. The molecule has 0 aromatic heterocycles. The number of amides is 2. The predicted molar refractivity (Wildman–Crippen MR) is 165 cm³/mol. The topological polar surface area (TPSA) is 105 Å². The Balaban J connectivity index is 1.63. The molecule has 0 spiro atoms. The van der Waals surface area contributed by atoms with Crippen LogP contribution in [-0.4, -0.2) is 30.0 Å². The molecule has 1 atom stereocenters. The summed E-state index contributed by atoms with van der Waals surface area (Å²) in [7, 11) is 1.52. The highest BCUT2D eigenvalue weighted by Gasteiger charge is 2.29. The summed E-state index contributed by atoms with van der Waals surface area (Å²) in [4.78, 5) is 39.2. The van der Waals surface area contributed by atoms with Crippen molar-refractivity contribution in [2.75, 3.05) is 17.7 Å². The Bertz CT molecular complexity index is 1640. The number of halogens is 4. The van der Waals surface area contributed by atoms with Gasteiger partial charge in [0, 0.05) is 10.6 Å². The van der Waals surface area contributed by atoms with E-state index >= 15 is 0 Å². The molecule has 0 aliphatic heterocycles. The number of rotatable bonds is 9. The molecule has 41 heavy (non-hydrogen) atoms. The molecule has 2 amide bonds. The normalized spacial score (nSPS) is 11.4. The lowest BCUT2D eigenvalue weighted by Crippen LogP contribution is -2.19. The summed E-state index contributed by atoms with van der Waals surface area (Å²) < 4.78 is 5.36. The van der Waals surface area contributed by atoms with Crippen LogP contribution < -0.4 is 15.4 Å². The molecular formula is C29H20Cl4N2O5S. The van der Waals surface area contributed by atoms with Crippen LogP contribution in [0, 0.1) is 0 Å². The number of carboxylic acid groups (broad SMARTS) is 1. The van der Waals surface area contributed by atoms with E-state index in [1.807, 2.05) is 30.3 Å². The van der Waals surface area contributed by atoms with Crippen molar-refractivity contribution < 1.29 is 24.2 Å². The van der Waals surface area contributed by atoms with Crippen LogP contribution in [0.3, 0.4) is 0 Å². The number of carbonyl (C=O) groups is 3. The number of thioether (sulfide) groups is 1. The van der Waals surface area contributed by atoms with Crippen molar-refractivity contribution in [2.45, 2.75) is 10.1 Å². The Morgan fingerprint density at radius 1 is 0.780 bits per heavy atom. The van der Waals surface area contributed by atoms with E-state index in [4.69, 9.17) is 51.1 Å². The van der Waals surface area contributed by atoms with Gasteiger partial charge in [0.15, 0.2) is 0 Å². The molecule has 0 radical (unpaired) electrons. The van der Waals surface area contributed by atoms with Crippen LogP contribution in [0.2, 0.25) is 20.1 Å². The minimum Gasteiger partial charge on any atom is -0.495 e. The van der Waals surface area contributed by atoms with E-state index in [-0.39, 0.29) is 21.0 Å². The monoisotopic (exact) mass is 648 g/mol. The summed E-state index contributed by atoms with van der Waals surface area (Å²) in [6.45, 7) is 0. The van der Waals surface area contributed by atoms with Crippen molar-refractivity contribution in [1.82, 2.24) is 0 Å². The van der Waals surface area contributed by atoms with E-state index in [2.05, 4.69) is 10.6 Å². The fraction of sp³-hybridized carbons (Fsp3) is 0.0690. The molecule has 1 unspecified atom stereocenters. The van der Waals surface area contributed by atoms with E-state index in [9.17, 15) is 19.5 Å². The van der Waals surface area contributed by atoms with E-state index < -0.39 is 33.3 Å². The van der Waals surface area contributed by atoms with Gasteiger partial charge in [0.1, 0.15) is 11.0 Å². The van der Waals surface area contributed by atoms with Crippen LogP contribution in [0.25, 0.3) is 0 Å². The molecule has 0 heterocycles. The fourth-order valence-corrected chi connectivity index (χ4v) is 5.97. The number of ether oxygens (including phenoxy) is 1. The number of methoxy groups -OCH3 is 1. The standard InChI is InChI=1S/C29H20Cl4N2O5S/c1-40-19-13-6-5-12-18(19)35-28(37)26(15-8-3-2-4-9-15)41-17-11-7-10-16(14-17)34-27(36)20-21(29(38)39)23(31)25(33)24(32)22(20)30/h2-14,26H,1H3,(H,34,36)(H,35,37)(H,38,39). The minimum absolute atomic E-state index is 0.246. The Morgan fingerprint density at radius 3 is 2.07 bits per heavy atom. The number of benzene rings is 4. The van der Waals surface area contributed by atoms with Gasteiger partial charge in [0.05, 0.1) is 44.0 Å². The minimum atomic E-state index is -1.50. The average molecular weight is 650 g/mol. The zero-order chi connectivity index (χ0) is 29.7. The summed E-state index contributed by atoms with van der Waals surface area (Å²) in [5.74, 6) is -2.13. The summed E-state index contributed by atoms with van der Waals surface area (Å²) in [6, 6.07) is 23.0. The van der Waals surface area contributed by atoms with Gasteiger partial charge in [-0.25, -0.2) is 4.79 Å². The predicted octanol–water partition coefficient (Wildman–Crippen LogP) is 8.73. The second-order valence-electron chi connectivity index (χ2n) is 8.39. The molecule has 4 aromatic carbocycles. The van der Waals surface area contributed by atoms with Crippen molar-refractivity contribution in [1.29, 1.82) is 0 Å². The van der Waals surface area contributed by atoms with Crippen LogP contribution in [0.4, 0.5) is 11.4 Å². The highest BCUT2D eigenvalue weighted by molar-refractivity contribution is 8.00. The summed E-state index contributed by atoms with van der Waals surface area (Å²) in [6.07, 6.45) is 0. The van der Waals surface area contributed by atoms with Crippen molar-refractivity contribution in [2.24, 2.45) is 0 Å². The number of carbonyl (C=O) groups excluding carboxylic acids is 2. The lowest BCUT2D eigenvalue weighted by atomic mass is 10.1. The van der Waals surface area contributed by atoms with Gasteiger partial charge in [0.25, 0.3) is 5.91 Å². The van der Waals surface area contributed by atoms with Gasteiger partial charge in [0.2, 0.25) is 5.91 Å². The molecule has 210 valence electrons. The van der Waals surface area contributed by atoms with E-state index in [0.29, 0.717) is 22.0 Å². The van der Waals surface area contributed by atoms with Crippen LogP contribution in [-0.2, 0) is 4.79 Å². The molecule has 0 bridgehead atoms. The molecule has 12 heteroatoms. The molecule has 3 N–H and O–H groups in total. The number of aromatic carboxylic acids is 1. The first-order valence-electron chi connectivity index (χ1n) is 11.8. The smallest absolute Gasteiger partial charge is 0.338 e. The van der Waals surface area contributed by atoms with Crippen molar-refractivity contribution in [3.8, 4) is 5.75 Å². The summed E-state index contributed by atoms with van der Waals surface area (Å²) >= 11 is 25.6. The molecule has 0 fully saturated rings. The van der Waals surface area contributed by atoms with Crippen LogP contribution in [0.5, 0.6) is 5.75 Å². The number of hydrogen-bond donors (Lipinski definition) is 3. The van der Waals surface area contributed by atoms with E-state index in [0.717, 1.165) is 5.56 Å². The lowest BCUT2D eigenvalue weighted by molar-refractivity contribution is -0.115. The highest BCUT2D eigenvalue weighted by Crippen LogP contribution is 2.42. The summed E-state index contributed by atoms with van der Waals surface area (Å²) in [5, 5.41) is 13.3. The Morgan fingerprint density at radius 2 is 1.41 bits per heavy atom. The number of carboxylic acids is 1. The summed E-state index contributed by atoms with van der Waals surface area (Å²) in [5.41, 5.74) is 0.573. The van der Waals surface area contributed by atoms with Gasteiger partial charge < -0.3 is 20.5 Å². The van der Waals surface area contributed by atoms with E-state index in [1.165, 1.54) is 18.9 Å². The molecule has 4 rings (SSSR count). The first-order valence-corrected chi connectivity index (χ1v) is 14.2. The van der Waals surface area contributed by atoms with Crippen molar-refractivity contribution in [3.63, 3.8) is 0 Å². The van der Waals surface area contributed by atoms with Gasteiger partial charge in [-0.2, -0.15) is 0 Å². The molecule has 0 saturated heterocycles. The third kappa shape index (κ3) is 6.92. The molecule has 7 nitrogen and oxygen atoms in total. The quantitative estimate of drug-likeness (QED) is 0.0951. The van der Waals surface area contributed by atoms with Gasteiger partial charge >= 0.3 is 5.97 Å². The Labute approximate surface area is 259 Å². The molecule has 0 saturated carbocycles. The highest BCUT2D eigenvalue weighted by atomic mass is 35.5. The van der Waals surface area contributed by atoms with Gasteiger partial charge in [-0.3, -0.25) is 9.59 Å². The fourth-order valence-electron chi connectivity index (χ4n) is 3.87. The van der Waals surface area contributed by atoms with Crippen LogP contribution in [0.1, 0.15) is 31.5 Å². The first-order chi connectivity index (χ1) is 19.6. The van der Waals surface area contributed by atoms with Crippen LogP contribution >= 0.6 is 58.2 Å².